The highest BCUT2D eigenvalue weighted by atomic mass is 32.2. The summed E-state index contributed by atoms with van der Waals surface area (Å²) in [7, 11) is -3.73. The fraction of sp³-hybridized carbons (Fsp3) is 0.462. The van der Waals surface area contributed by atoms with Gasteiger partial charge in [-0.15, -0.1) is 0 Å². The molecule has 0 spiro atoms. The zero-order chi connectivity index (χ0) is 26.7. The van der Waals surface area contributed by atoms with Gasteiger partial charge in [0.05, 0.1) is 12.1 Å². The van der Waals surface area contributed by atoms with Crippen molar-refractivity contribution in [3.8, 4) is 22.9 Å². The molecule has 2 bridgehead atoms. The Morgan fingerprint density at radius 3 is 2.54 bits per heavy atom. The van der Waals surface area contributed by atoms with Gasteiger partial charge in [-0.2, -0.15) is 5.26 Å². The summed E-state index contributed by atoms with van der Waals surface area (Å²) in [5, 5.41) is 15.5. The van der Waals surface area contributed by atoms with Crippen molar-refractivity contribution in [2.75, 3.05) is 12.9 Å². The SMILES string of the molecule is CS(=O)(=O)c1ccc(-c2ccc(CCC(C#N)NC(=O)C3NC4CCC3C4)c(F)c2)cc1OCC(F)F. The fourth-order valence-electron chi connectivity index (χ4n) is 5.07. The molecule has 0 aromatic heterocycles. The maximum Gasteiger partial charge on any atom is 0.272 e. The van der Waals surface area contributed by atoms with Gasteiger partial charge in [0.1, 0.15) is 29.1 Å². The van der Waals surface area contributed by atoms with Crippen LogP contribution in [0.5, 0.6) is 5.75 Å². The third kappa shape index (κ3) is 6.43. The number of carbonyl (C=O) groups is 1. The molecule has 2 N–H and O–H groups in total. The molecule has 0 radical (unpaired) electrons. The van der Waals surface area contributed by atoms with Crippen LogP contribution in [0.3, 0.4) is 0 Å². The Bertz CT molecular complexity index is 1310. The zero-order valence-corrected chi connectivity index (χ0v) is 21.0. The Labute approximate surface area is 213 Å². The molecule has 198 valence electrons. The molecule has 1 amide bonds. The number of nitriles is 1. The topological polar surface area (TPSA) is 108 Å². The molecule has 37 heavy (non-hydrogen) atoms. The molecule has 1 aliphatic heterocycles. The summed E-state index contributed by atoms with van der Waals surface area (Å²) in [5.41, 5.74) is 1.14. The van der Waals surface area contributed by atoms with Crippen LogP contribution >= 0.6 is 0 Å². The van der Waals surface area contributed by atoms with Crippen LogP contribution < -0.4 is 15.4 Å². The number of sulfone groups is 1. The highest BCUT2D eigenvalue weighted by Gasteiger charge is 2.43. The standard InChI is InChI=1S/C26H28F3N3O4S/c1-37(34,35)23-9-6-17(12-22(23)36-14-24(28)29)16-3-2-15(21(27)11-16)4-8-20(13-30)32-26(33)25-18-5-7-19(10-18)31-25/h2-3,6,9,11-12,18-20,24-25,31H,4-5,7-8,10,14H2,1H3,(H,32,33). The van der Waals surface area contributed by atoms with E-state index in [0.717, 1.165) is 25.5 Å². The maximum atomic E-state index is 14.9. The monoisotopic (exact) mass is 535 g/mol. The lowest BCUT2D eigenvalue weighted by atomic mass is 9.98. The fourth-order valence-corrected chi connectivity index (χ4v) is 5.87. The van der Waals surface area contributed by atoms with Gasteiger partial charge in [0, 0.05) is 12.3 Å². The third-order valence-electron chi connectivity index (χ3n) is 6.91. The number of nitrogens with zero attached hydrogens (tertiary/aromatic N) is 1. The molecule has 1 saturated heterocycles. The molecule has 1 aliphatic carbocycles. The van der Waals surface area contributed by atoms with Crippen LogP contribution in [-0.2, 0) is 21.1 Å². The number of hydrogen-bond acceptors (Lipinski definition) is 6. The molecular formula is C26H28F3N3O4S. The lowest BCUT2D eigenvalue weighted by Crippen LogP contribution is -2.50. The first-order valence-corrected chi connectivity index (χ1v) is 13.9. The number of aryl methyl sites for hydroxylation is 1. The van der Waals surface area contributed by atoms with E-state index in [4.69, 9.17) is 4.74 Å². The van der Waals surface area contributed by atoms with Crippen LogP contribution in [0.25, 0.3) is 11.1 Å². The Hall–Kier alpha value is -3.10. The number of amides is 1. The summed E-state index contributed by atoms with van der Waals surface area (Å²) in [4.78, 5) is 12.4. The smallest absolute Gasteiger partial charge is 0.272 e. The molecule has 11 heteroatoms. The van der Waals surface area contributed by atoms with Crippen molar-refractivity contribution in [2.24, 2.45) is 5.92 Å². The molecule has 1 saturated carbocycles. The second-order valence-corrected chi connectivity index (χ2v) is 11.6. The predicted molar refractivity (Wildman–Crippen MR) is 130 cm³/mol. The minimum absolute atomic E-state index is 0.197. The van der Waals surface area contributed by atoms with E-state index in [9.17, 15) is 31.6 Å². The third-order valence-corrected chi connectivity index (χ3v) is 8.05. The van der Waals surface area contributed by atoms with Crippen molar-refractivity contribution in [1.29, 1.82) is 5.26 Å². The second kappa shape index (κ2) is 11.1. The lowest BCUT2D eigenvalue weighted by molar-refractivity contribution is -0.124. The zero-order valence-electron chi connectivity index (χ0n) is 20.2. The van der Waals surface area contributed by atoms with Crippen molar-refractivity contribution in [2.45, 2.75) is 61.6 Å². The van der Waals surface area contributed by atoms with Crippen molar-refractivity contribution >= 4 is 15.7 Å². The van der Waals surface area contributed by atoms with E-state index >= 15 is 0 Å². The van der Waals surface area contributed by atoms with Gasteiger partial charge in [-0.1, -0.05) is 18.2 Å². The average Bonchev–Trinajstić information content (AvgIpc) is 3.49. The normalized spacial score (nSPS) is 21.6. The summed E-state index contributed by atoms with van der Waals surface area (Å²) < 4.78 is 69.2. The van der Waals surface area contributed by atoms with Crippen LogP contribution in [0, 0.1) is 23.1 Å². The number of rotatable bonds is 10. The van der Waals surface area contributed by atoms with Crippen molar-refractivity contribution in [1.82, 2.24) is 10.6 Å². The largest absolute Gasteiger partial charge is 0.486 e. The van der Waals surface area contributed by atoms with Gasteiger partial charge in [0.25, 0.3) is 6.43 Å². The van der Waals surface area contributed by atoms with E-state index in [0.29, 0.717) is 28.7 Å². The van der Waals surface area contributed by atoms with Gasteiger partial charge in [-0.3, -0.25) is 4.79 Å². The number of alkyl halides is 2. The summed E-state index contributed by atoms with van der Waals surface area (Å²) in [6.45, 7) is -0.978. The number of fused-ring (bicyclic) bond motifs is 2. The molecule has 2 aromatic rings. The van der Waals surface area contributed by atoms with Gasteiger partial charge >= 0.3 is 0 Å². The molecule has 7 nitrogen and oxygen atoms in total. The Balaban J connectivity index is 1.43. The maximum absolute atomic E-state index is 14.9. The Morgan fingerprint density at radius 1 is 1.22 bits per heavy atom. The second-order valence-electron chi connectivity index (χ2n) is 9.59. The van der Waals surface area contributed by atoms with Gasteiger partial charge in [-0.25, -0.2) is 21.6 Å². The van der Waals surface area contributed by atoms with Gasteiger partial charge in [-0.05, 0) is 72.9 Å². The summed E-state index contributed by atoms with van der Waals surface area (Å²) in [6, 6.07) is 9.78. The summed E-state index contributed by atoms with van der Waals surface area (Å²) >= 11 is 0. The number of nitrogens with one attached hydrogen (secondary N) is 2. The van der Waals surface area contributed by atoms with Crippen LogP contribution in [0.2, 0.25) is 0 Å². The van der Waals surface area contributed by atoms with Crippen LogP contribution in [0.4, 0.5) is 13.2 Å². The molecule has 1 heterocycles. The molecule has 4 atom stereocenters. The van der Waals surface area contributed by atoms with Crippen molar-refractivity contribution in [3.63, 3.8) is 0 Å². The van der Waals surface area contributed by atoms with E-state index in [1.165, 1.54) is 24.3 Å². The number of carbonyl (C=O) groups excluding carboxylic acids is 1. The number of benzene rings is 2. The van der Waals surface area contributed by atoms with Crippen LogP contribution in [0.15, 0.2) is 41.3 Å². The highest BCUT2D eigenvalue weighted by Crippen LogP contribution is 2.35. The number of hydrogen-bond donors (Lipinski definition) is 2. The van der Waals surface area contributed by atoms with Gasteiger partial charge < -0.3 is 15.4 Å². The summed E-state index contributed by atoms with van der Waals surface area (Å²) in [6.07, 6.45) is 1.64. The van der Waals surface area contributed by atoms with Gasteiger partial charge in [0.2, 0.25) is 5.91 Å². The number of halogens is 3. The Kier molecular flexibility index (Phi) is 8.09. The van der Waals surface area contributed by atoms with Gasteiger partial charge in [0.15, 0.2) is 9.84 Å². The molecule has 2 aromatic carbocycles. The minimum Gasteiger partial charge on any atom is -0.486 e. The first-order chi connectivity index (χ1) is 17.5. The summed E-state index contributed by atoms with van der Waals surface area (Å²) in [5.74, 6) is -0.681. The molecule has 2 aliphatic rings. The van der Waals surface area contributed by atoms with E-state index in [-0.39, 0.29) is 35.4 Å². The lowest BCUT2D eigenvalue weighted by Gasteiger charge is -2.23. The number of ether oxygens (including phenoxy) is 1. The van der Waals surface area contributed by atoms with Crippen molar-refractivity contribution in [3.05, 3.63) is 47.8 Å². The first kappa shape index (κ1) is 26.9. The van der Waals surface area contributed by atoms with Crippen LogP contribution in [0.1, 0.15) is 31.2 Å². The van der Waals surface area contributed by atoms with Crippen molar-refractivity contribution < 1.29 is 31.1 Å². The minimum atomic E-state index is -3.73. The molecule has 4 rings (SSSR count). The van der Waals surface area contributed by atoms with E-state index in [2.05, 4.69) is 16.7 Å². The predicted octanol–water partition coefficient (Wildman–Crippen LogP) is 3.62. The average molecular weight is 536 g/mol. The highest BCUT2D eigenvalue weighted by molar-refractivity contribution is 7.90. The first-order valence-electron chi connectivity index (χ1n) is 12.0. The van der Waals surface area contributed by atoms with Crippen LogP contribution in [-0.4, -0.2) is 51.7 Å². The van der Waals surface area contributed by atoms with E-state index in [1.807, 2.05) is 0 Å². The quantitative estimate of drug-likeness (QED) is 0.481. The number of piperidine rings is 1. The molecule has 4 unspecified atom stereocenters. The molecule has 2 fully saturated rings. The molecular weight excluding hydrogens is 507 g/mol. The van der Waals surface area contributed by atoms with E-state index in [1.54, 1.807) is 12.1 Å². The van der Waals surface area contributed by atoms with E-state index < -0.39 is 34.7 Å². The Morgan fingerprint density at radius 2 is 1.95 bits per heavy atom.